The SMILES string of the molecule is CCOC1CC(NCC(C)(O)CSC)C12CCCC2. The molecule has 0 aromatic heterocycles. The summed E-state index contributed by atoms with van der Waals surface area (Å²) >= 11 is 1.70. The Hall–Kier alpha value is 0.230. The molecule has 0 amide bonds. The van der Waals surface area contributed by atoms with Gasteiger partial charge in [-0.05, 0) is 39.4 Å². The molecule has 2 fully saturated rings. The molecule has 0 aromatic carbocycles. The van der Waals surface area contributed by atoms with Crippen LogP contribution in [0.25, 0.3) is 0 Å². The van der Waals surface area contributed by atoms with Crippen LogP contribution in [0.2, 0.25) is 0 Å². The van der Waals surface area contributed by atoms with E-state index in [1.807, 2.05) is 13.2 Å². The second kappa shape index (κ2) is 6.33. The van der Waals surface area contributed by atoms with Gasteiger partial charge in [-0.2, -0.15) is 11.8 Å². The maximum atomic E-state index is 10.3. The summed E-state index contributed by atoms with van der Waals surface area (Å²) in [4.78, 5) is 0. The van der Waals surface area contributed by atoms with Crippen LogP contribution in [-0.2, 0) is 4.74 Å². The molecule has 2 aliphatic carbocycles. The molecule has 1 spiro atoms. The van der Waals surface area contributed by atoms with Crippen molar-refractivity contribution in [2.24, 2.45) is 5.41 Å². The highest BCUT2D eigenvalue weighted by molar-refractivity contribution is 7.98. The zero-order valence-electron chi connectivity index (χ0n) is 12.6. The molecule has 3 atom stereocenters. The molecule has 2 rings (SSSR count). The van der Waals surface area contributed by atoms with E-state index < -0.39 is 5.60 Å². The van der Waals surface area contributed by atoms with Gasteiger partial charge >= 0.3 is 0 Å². The summed E-state index contributed by atoms with van der Waals surface area (Å²) in [5.74, 6) is 0.786. The molecule has 112 valence electrons. The molecule has 0 heterocycles. The Balaban J connectivity index is 1.87. The Morgan fingerprint density at radius 1 is 1.42 bits per heavy atom. The lowest BCUT2D eigenvalue weighted by molar-refractivity contribution is -0.133. The lowest BCUT2D eigenvalue weighted by Gasteiger charge is -2.54. The summed E-state index contributed by atoms with van der Waals surface area (Å²) in [6.45, 7) is 5.53. The van der Waals surface area contributed by atoms with E-state index in [1.54, 1.807) is 11.8 Å². The fourth-order valence-electron chi connectivity index (χ4n) is 3.88. The Labute approximate surface area is 121 Å². The maximum Gasteiger partial charge on any atom is 0.0833 e. The standard InChI is InChI=1S/C15H29NO2S/c1-4-18-13-9-12(15(13)7-5-6-8-15)16-10-14(2,17)11-19-3/h12-13,16-17H,4-11H2,1-3H3. The minimum atomic E-state index is -0.601. The zero-order chi connectivity index (χ0) is 13.9. The second-order valence-electron chi connectivity index (χ2n) is 6.48. The average Bonchev–Trinajstić information content (AvgIpc) is 2.84. The highest BCUT2D eigenvalue weighted by Gasteiger charge is 2.56. The van der Waals surface area contributed by atoms with Crippen molar-refractivity contribution in [1.82, 2.24) is 5.32 Å². The van der Waals surface area contributed by atoms with E-state index >= 15 is 0 Å². The minimum Gasteiger partial charge on any atom is -0.388 e. The predicted molar refractivity (Wildman–Crippen MR) is 81.7 cm³/mol. The van der Waals surface area contributed by atoms with Crippen molar-refractivity contribution < 1.29 is 9.84 Å². The third-order valence-corrected chi connectivity index (χ3v) is 5.78. The van der Waals surface area contributed by atoms with Crippen LogP contribution in [0.3, 0.4) is 0 Å². The lowest BCUT2D eigenvalue weighted by atomic mass is 9.60. The van der Waals surface area contributed by atoms with Gasteiger partial charge in [0.15, 0.2) is 0 Å². The van der Waals surface area contributed by atoms with Crippen LogP contribution < -0.4 is 5.32 Å². The first kappa shape index (κ1) is 15.6. The van der Waals surface area contributed by atoms with E-state index in [-0.39, 0.29) is 0 Å². The van der Waals surface area contributed by atoms with E-state index in [1.165, 1.54) is 25.7 Å². The number of rotatable bonds is 7. The van der Waals surface area contributed by atoms with Gasteiger partial charge in [0.1, 0.15) is 0 Å². The van der Waals surface area contributed by atoms with Crippen molar-refractivity contribution in [1.29, 1.82) is 0 Å². The molecular formula is C15H29NO2S. The van der Waals surface area contributed by atoms with Gasteiger partial charge < -0.3 is 15.2 Å². The number of hydrogen-bond donors (Lipinski definition) is 2. The number of ether oxygens (including phenoxy) is 1. The third kappa shape index (κ3) is 3.29. The monoisotopic (exact) mass is 287 g/mol. The van der Waals surface area contributed by atoms with Crippen LogP contribution >= 0.6 is 11.8 Å². The number of aliphatic hydroxyl groups is 1. The quantitative estimate of drug-likeness (QED) is 0.754. The largest absolute Gasteiger partial charge is 0.388 e. The first-order valence-corrected chi connectivity index (χ1v) is 9.00. The summed E-state index contributed by atoms with van der Waals surface area (Å²) in [6.07, 6.45) is 8.86. The summed E-state index contributed by atoms with van der Waals surface area (Å²) < 4.78 is 5.92. The molecule has 2 saturated carbocycles. The first-order chi connectivity index (χ1) is 9.04. The molecule has 3 unspecified atom stereocenters. The van der Waals surface area contributed by atoms with Crippen LogP contribution in [-0.4, -0.2) is 48.0 Å². The van der Waals surface area contributed by atoms with E-state index in [0.717, 1.165) is 18.8 Å². The summed E-state index contributed by atoms with van der Waals surface area (Å²) in [5, 5.41) is 13.9. The van der Waals surface area contributed by atoms with Gasteiger partial charge in [0.05, 0.1) is 11.7 Å². The smallest absolute Gasteiger partial charge is 0.0833 e. The zero-order valence-corrected chi connectivity index (χ0v) is 13.4. The molecular weight excluding hydrogens is 258 g/mol. The number of nitrogens with one attached hydrogen (secondary N) is 1. The van der Waals surface area contributed by atoms with Crippen molar-refractivity contribution >= 4 is 11.8 Å². The van der Waals surface area contributed by atoms with Gasteiger partial charge in [0, 0.05) is 30.4 Å². The maximum absolute atomic E-state index is 10.3. The molecule has 19 heavy (non-hydrogen) atoms. The topological polar surface area (TPSA) is 41.5 Å². The molecule has 0 radical (unpaired) electrons. The van der Waals surface area contributed by atoms with Crippen LogP contribution in [0, 0.1) is 5.41 Å². The first-order valence-electron chi connectivity index (χ1n) is 7.60. The van der Waals surface area contributed by atoms with E-state index in [4.69, 9.17) is 4.74 Å². The van der Waals surface area contributed by atoms with Gasteiger partial charge in [-0.25, -0.2) is 0 Å². The van der Waals surface area contributed by atoms with Gasteiger partial charge in [-0.3, -0.25) is 0 Å². The van der Waals surface area contributed by atoms with Crippen LogP contribution in [0.1, 0.15) is 46.0 Å². The Morgan fingerprint density at radius 2 is 2.11 bits per heavy atom. The summed E-state index contributed by atoms with van der Waals surface area (Å²) in [5.41, 5.74) is -0.235. The molecule has 4 heteroatoms. The number of hydrogen-bond acceptors (Lipinski definition) is 4. The van der Waals surface area contributed by atoms with Gasteiger partial charge in [0.2, 0.25) is 0 Å². The molecule has 2 aliphatic rings. The second-order valence-corrected chi connectivity index (χ2v) is 7.35. The van der Waals surface area contributed by atoms with Crippen LogP contribution in [0.15, 0.2) is 0 Å². The van der Waals surface area contributed by atoms with Crippen molar-refractivity contribution in [3.05, 3.63) is 0 Å². The van der Waals surface area contributed by atoms with Crippen molar-refractivity contribution in [2.45, 2.75) is 63.7 Å². The lowest BCUT2D eigenvalue weighted by Crippen LogP contribution is -2.64. The summed E-state index contributed by atoms with van der Waals surface area (Å²) in [6, 6.07) is 0.542. The van der Waals surface area contributed by atoms with E-state index in [0.29, 0.717) is 24.1 Å². The Morgan fingerprint density at radius 3 is 2.68 bits per heavy atom. The fourth-order valence-corrected chi connectivity index (χ4v) is 4.60. The Kier molecular flexibility index (Phi) is 5.21. The van der Waals surface area contributed by atoms with Crippen molar-refractivity contribution in [3.8, 4) is 0 Å². The van der Waals surface area contributed by atoms with Gasteiger partial charge in [0.25, 0.3) is 0 Å². The Bertz CT molecular complexity index is 290. The molecule has 0 bridgehead atoms. The highest BCUT2D eigenvalue weighted by Crippen LogP contribution is 2.54. The molecule has 0 aromatic rings. The van der Waals surface area contributed by atoms with Crippen molar-refractivity contribution in [2.75, 3.05) is 25.2 Å². The highest BCUT2D eigenvalue weighted by atomic mass is 32.2. The van der Waals surface area contributed by atoms with Gasteiger partial charge in [-0.1, -0.05) is 12.8 Å². The third-order valence-electron chi connectivity index (χ3n) is 4.87. The molecule has 0 aliphatic heterocycles. The van der Waals surface area contributed by atoms with Crippen LogP contribution in [0.4, 0.5) is 0 Å². The molecule has 0 saturated heterocycles. The van der Waals surface area contributed by atoms with Crippen molar-refractivity contribution in [3.63, 3.8) is 0 Å². The average molecular weight is 287 g/mol. The van der Waals surface area contributed by atoms with Crippen LogP contribution in [0.5, 0.6) is 0 Å². The fraction of sp³-hybridized carbons (Fsp3) is 1.00. The predicted octanol–water partition coefficient (Wildman–Crippen LogP) is 2.43. The van der Waals surface area contributed by atoms with E-state index in [9.17, 15) is 5.11 Å². The normalized spacial score (nSPS) is 32.2. The minimum absolute atomic E-state index is 0.367. The number of thioether (sulfide) groups is 1. The van der Waals surface area contributed by atoms with Gasteiger partial charge in [-0.15, -0.1) is 0 Å². The summed E-state index contributed by atoms with van der Waals surface area (Å²) in [7, 11) is 0. The molecule has 2 N–H and O–H groups in total. The van der Waals surface area contributed by atoms with E-state index in [2.05, 4.69) is 12.2 Å². The molecule has 3 nitrogen and oxygen atoms in total.